The lowest BCUT2D eigenvalue weighted by Crippen LogP contribution is -2.43. The maximum Gasteiger partial charge on any atom is 0.318 e. The van der Waals surface area contributed by atoms with Gasteiger partial charge in [0.25, 0.3) is 0 Å². The molecule has 6 heteroatoms. The van der Waals surface area contributed by atoms with Crippen LogP contribution in [0, 0.1) is 0 Å². The molecule has 0 saturated carbocycles. The quantitative estimate of drug-likeness (QED) is 0.787. The van der Waals surface area contributed by atoms with E-state index in [4.69, 9.17) is 5.73 Å². The molecule has 0 bridgehead atoms. The summed E-state index contributed by atoms with van der Waals surface area (Å²) < 4.78 is 0. The zero-order valence-corrected chi connectivity index (χ0v) is 12.3. The number of primary amides is 1. The minimum atomic E-state index is -0.839. The number of nitrogens with two attached hydrogens (primary N) is 1. The Kier molecular flexibility index (Phi) is 5.03. The molecule has 2 rings (SSSR count). The molecule has 1 aromatic carbocycles. The Balaban J connectivity index is 1.92. The number of amides is 3. The number of carbonyl (C=O) groups is 2. The van der Waals surface area contributed by atoms with Gasteiger partial charge in [-0.05, 0) is 50.5 Å². The Hall–Kier alpha value is -2.24. The summed E-state index contributed by atoms with van der Waals surface area (Å²) in [5.74, 6) is -0.442. The van der Waals surface area contributed by atoms with Crippen molar-refractivity contribution >= 4 is 23.3 Å². The Labute approximate surface area is 124 Å². The molecule has 1 aliphatic rings. The molecule has 6 nitrogen and oxygen atoms in total. The summed E-state index contributed by atoms with van der Waals surface area (Å²) >= 11 is 0. The Morgan fingerprint density at radius 2 is 1.76 bits per heavy atom. The zero-order chi connectivity index (χ0) is 15.2. The number of urea groups is 1. The summed E-state index contributed by atoms with van der Waals surface area (Å²) in [5, 5.41) is 5.09. The first-order valence-electron chi connectivity index (χ1n) is 7.28. The minimum Gasteiger partial charge on any atom is -0.374 e. The van der Waals surface area contributed by atoms with Crippen LogP contribution in [0.5, 0.6) is 0 Å². The fraction of sp³-hybridized carbons (Fsp3) is 0.467. The highest BCUT2D eigenvalue weighted by atomic mass is 16.2. The van der Waals surface area contributed by atoms with Crippen LogP contribution < -0.4 is 21.3 Å². The third-order valence-corrected chi connectivity index (χ3v) is 3.61. The fourth-order valence-electron chi connectivity index (χ4n) is 2.47. The van der Waals surface area contributed by atoms with Gasteiger partial charge >= 0.3 is 6.03 Å². The molecule has 0 spiro atoms. The Bertz CT molecular complexity index is 495. The second-order valence-electron chi connectivity index (χ2n) is 5.31. The van der Waals surface area contributed by atoms with Crippen molar-refractivity contribution in [3.05, 3.63) is 24.3 Å². The van der Waals surface area contributed by atoms with E-state index in [0.717, 1.165) is 18.8 Å². The summed E-state index contributed by atoms with van der Waals surface area (Å²) in [7, 11) is 0. The number of anilines is 2. The number of carbonyl (C=O) groups excluding carboxylic acids is 2. The van der Waals surface area contributed by atoms with Crippen molar-refractivity contribution < 1.29 is 9.59 Å². The number of rotatable bonds is 4. The highest BCUT2D eigenvalue weighted by Gasteiger charge is 2.14. The van der Waals surface area contributed by atoms with E-state index in [2.05, 4.69) is 15.5 Å². The molecule has 0 unspecified atom stereocenters. The highest BCUT2D eigenvalue weighted by Crippen LogP contribution is 2.22. The highest BCUT2D eigenvalue weighted by molar-refractivity contribution is 5.97. The monoisotopic (exact) mass is 290 g/mol. The van der Waals surface area contributed by atoms with E-state index >= 15 is 0 Å². The standard InChI is InChI=1S/C15H22N4O2/c1-11(14(20)18-15(16)21)17-12-5-7-13(8-6-12)19-9-3-2-4-10-19/h5-8,11,17H,2-4,9-10H2,1H3,(H3,16,18,20,21)/t11-/m1/s1. The molecule has 4 N–H and O–H groups in total. The molecular formula is C15H22N4O2. The molecule has 1 atom stereocenters. The van der Waals surface area contributed by atoms with Crippen molar-refractivity contribution in [1.29, 1.82) is 0 Å². The second kappa shape index (κ2) is 6.97. The second-order valence-corrected chi connectivity index (χ2v) is 5.31. The van der Waals surface area contributed by atoms with Gasteiger partial charge < -0.3 is 16.0 Å². The van der Waals surface area contributed by atoms with Gasteiger partial charge in [-0.2, -0.15) is 0 Å². The predicted molar refractivity (Wildman–Crippen MR) is 83.3 cm³/mol. The summed E-state index contributed by atoms with van der Waals surface area (Å²) in [6.45, 7) is 3.88. The zero-order valence-electron chi connectivity index (χ0n) is 12.3. The topological polar surface area (TPSA) is 87.5 Å². The van der Waals surface area contributed by atoms with E-state index in [1.807, 2.05) is 24.3 Å². The molecule has 114 valence electrons. The van der Waals surface area contributed by atoms with E-state index in [1.165, 1.54) is 24.9 Å². The average Bonchev–Trinajstić information content (AvgIpc) is 2.48. The van der Waals surface area contributed by atoms with Crippen LogP contribution in [0.3, 0.4) is 0 Å². The Morgan fingerprint density at radius 1 is 1.14 bits per heavy atom. The smallest absolute Gasteiger partial charge is 0.318 e. The van der Waals surface area contributed by atoms with Crippen molar-refractivity contribution in [2.45, 2.75) is 32.2 Å². The van der Waals surface area contributed by atoms with Crippen LogP contribution in [0.15, 0.2) is 24.3 Å². The molecule has 1 saturated heterocycles. The number of hydrogen-bond donors (Lipinski definition) is 3. The molecule has 21 heavy (non-hydrogen) atoms. The SMILES string of the molecule is C[C@@H](Nc1ccc(N2CCCCC2)cc1)C(=O)NC(N)=O. The van der Waals surface area contributed by atoms with Crippen LogP contribution in [-0.4, -0.2) is 31.1 Å². The predicted octanol–water partition coefficient (Wildman–Crippen LogP) is 1.67. The van der Waals surface area contributed by atoms with Gasteiger partial charge in [0, 0.05) is 24.5 Å². The van der Waals surface area contributed by atoms with Crippen LogP contribution in [-0.2, 0) is 4.79 Å². The van der Waals surface area contributed by atoms with Gasteiger partial charge in [0.05, 0.1) is 0 Å². The van der Waals surface area contributed by atoms with Crippen LogP contribution in [0.4, 0.5) is 16.2 Å². The molecule has 0 radical (unpaired) electrons. The molecule has 0 aromatic heterocycles. The van der Waals surface area contributed by atoms with E-state index < -0.39 is 18.0 Å². The number of nitrogens with one attached hydrogen (secondary N) is 2. The van der Waals surface area contributed by atoms with Crippen LogP contribution in [0.2, 0.25) is 0 Å². The first-order chi connectivity index (χ1) is 10.1. The van der Waals surface area contributed by atoms with Crippen molar-refractivity contribution in [2.24, 2.45) is 5.73 Å². The van der Waals surface area contributed by atoms with Crippen LogP contribution in [0.25, 0.3) is 0 Å². The molecule has 1 aromatic rings. The number of benzene rings is 1. The summed E-state index contributed by atoms with van der Waals surface area (Å²) in [6.07, 6.45) is 3.79. The lowest BCUT2D eigenvalue weighted by atomic mass is 10.1. The van der Waals surface area contributed by atoms with Gasteiger partial charge in [-0.15, -0.1) is 0 Å². The van der Waals surface area contributed by atoms with Crippen LogP contribution in [0.1, 0.15) is 26.2 Å². The average molecular weight is 290 g/mol. The third-order valence-electron chi connectivity index (χ3n) is 3.61. The lowest BCUT2D eigenvalue weighted by Gasteiger charge is -2.29. The maximum absolute atomic E-state index is 11.6. The molecule has 1 fully saturated rings. The van der Waals surface area contributed by atoms with Gasteiger partial charge in [0.1, 0.15) is 6.04 Å². The molecule has 3 amide bonds. The first kappa shape index (κ1) is 15.2. The summed E-state index contributed by atoms with van der Waals surface area (Å²) in [4.78, 5) is 24.6. The van der Waals surface area contributed by atoms with E-state index in [9.17, 15) is 9.59 Å². The van der Waals surface area contributed by atoms with Gasteiger partial charge in [0.15, 0.2) is 0 Å². The summed E-state index contributed by atoms with van der Waals surface area (Å²) in [6, 6.07) is 6.61. The number of piperidine rings is 1. The number of nitrogens with zero attached hydrogens (tertiary/aromatic N) is 1. The normalized spacial score (nSPS) is 16.1. The van der Waals surface area contributed by atoms with Crippen molar-refractivity contribution in [3.63, 3.8) is 0 Å². The minimum absolute atomic E-state index is 0.442. The van der Waals surface area contributed by atoms with Crippen molar-refractivity contribution in [1.82, 2.24) is 5.32 Å². The van der Waals surface area contributed by atoms with Crippen molar-refractivity contribution in [3.8, 4) is 0 Å². The molecule has 1 heterocycles. The maximum atomic E-state index is 11.6. The van der Waals surface area contributed by atoms with E-state index in [0.29, 0.717) is 0 Å². The van der Waals surface area contributed by atoms with Crippen molar-refractivity contribution in [2.75, 3.05) is 23.3 Å². The van der Waals surface area contributed by atoms with Crippen LogP contribution >= 0.6 is 0 Å². The number of imide groups is 1. The first-order valence-corrected chi connectivity index (χ1v) is 7.28. The molecule has 0 aliphatic carbocycles. The van der Waals surface area contributed by atoms with Gasteiger partial charge in [-0.1, -0.05) is 0 Å². The summed E-state index contributed by atoms with van der Waals surface area (Å²) in [5.41, 5.74) is 6.96. The van der Waals surface area contributed by atoms with E-state index in [1.54, 1.807) is 6.92 Å². The van der Waals surface area contributed by atoms with E-state index in [-0.39, 0.29) is 0 Å². The number of hydrogen-bond acceptors (Lipinski definition) is 4. The van der Waals surface area contributed by atoms with Gasteiger partial charge in [0.2, 0.25) is 5.91 Å². The van der Waals surface area contributed by atoms with Gasteiger partial charge in [-0.3, -0.25) is 10.1 Å². The molecule has 1 aliphatic heterocycles. The third kappa shape index (κ3) is 4.37. The Morgan fingerprint density at radius 3 is 2.33 bits per heavy atom. The largest absolute Gasteiger partial charge is 0.374 e. The van der Waals surface area contributed by atoms with Gasteiger partial charge in [-0.25, -0.2) is 4.79 Å². The fourth-order valence-corrected chi connectivity index (χ4v) is 2.47. The lowest BCUT2D eigenvalue weighted by molar-refractivity contribution is -0.120. The molecular weight excluding hydrogens is 268 g/mol.